The maximum Gasteiger partial charge on any atom is 0.237 e. The molecule has 0 bridgehead atoms. The average Bonchev–Trinajstić information content (AvgIpc) is 3.28. The quantitative estimate of drug-likeness (QED) is 0.609. The van der Waals surface area contributed by atoms with Crippen LogP contribution >= 0.6 is 0 Å². The van der Waals surface area contributed by atoms with E-state index in [-0.39, 0.29) is 12.5 Å². The molecule has 1 aliphatic heterocycles. The number of amides is 1. The van der Waals surface area contributed by atoms with E-state index in [2.05, 4.69) is 15.7 Å². The Kier molecular flexibility index (Phi) is 5.47. The number of β-amino-alcohol motifs (C(OH)–C–C–N with tert-alkyl or cyclic N) is 1. The van der Waals surface area contributed by atoms with Gasteiger partial charge in [0.1, 0.15) is 0 Å². The molecule has 0 radical (unpaired) electrons. The van der Waals surface area contributed by atoms with Gasteiger partial charge in [-0.2, -0.15) is 5.10 Å². The third-order valence-corrected chi connectivity index (χ3v) is 4.55. The van der Waals surface area contributed by atoms with Crippen LogP contribution in [0.4, 0.5) is 0 Å². The molecule has 1 saturated heterocycles. The average molecular weight is 344 g/mol. The maximum atomic E-state index is 12.3. The van der Waals surface area contributed by atoms with Gasteiger partial charge in [-0.1, -0.05) is 24.3 Å². The summed E-state index contributed by atoms with van der Waals surface area (Å²) in [5, 5.41) is 29.3. The second kappa shape index (κ2) is 7.77. The summed E-state index contributed by atoms with van der Waals surface area (Å²) < 4.78 is 1.91. The number of nitrogens with one attached hydrogen (secondary N) is 2. The monoisotopic (exact) mass is 344 g/mol. The van der Waals surface area contributed by atoms with Crippen molar-refractivity contribution in [3.05, 3.63) is 42.1 Å². The highest BCUT2D eigenvalue weighted by molar-refractivity contribution is 5.82. The fraction of sp³-hybridized carbons (Fsp3) is 0.444. The minimum absolute atomic E-state index is 0.187. The summed E-state index contributed by atoms with van der Waals surface area (Å²) in [6.45, 7) is 3.06. The first kappa shape index (κ1) is 17.6. The van der Waals surface area contributed by atoms with E-state index < -0.39 is 18.2 Å². The zero-order valence-corrected chi connectivity index (χ0v) is 14.2. The Morgan fingerprint density at radius 1 is 1.40 bits per heavy atom. The third-order valence-electron chi connectivity index (χ3n) is 4.55. The van der Waals surface area contributed by atoms with Gasteiger partial charge in [0.05, 0.1) is 30.5 Å². The number of hydrogen-bond acceptors (Lipinski definition) is 5. The molecule has 134 valence electrons. The number of aliphatic hydroxyl groups is 2. The first-order valence-corrected chi connectivity index (χ1v) is 8.57. The molecular formula is C18H24N4O3. The molecule has 7 heteroatoms. The summed E-state index contributed by atoms with van der Waals surface area (Å²) in [7, 11) is 0. The lowest BCUT2D eigenvalue weighted by Gasteiger charge is -2.20. The summed E-state index contributed by atoms with van der Waals surface area (Å²) in [6, 6.07) is 8.80. The molecule has 7 nitrogen and oxygen atoms in total. The van der Waals surface area contributed by atoms with E-state index in [4.69, 9.17) is 0 Å². The molecule has 1 unspecified atom stereocenters. The highest BCUT2D eigenvalue weighted by Gasteiger charge is 2.29. The van der Waals surface area contributed by atoms with E-state index in [1.165, 1.54) is 0 Å². The molecule has 1 aromatic heterocycles. The van der Waals surface area contributed by atoms with Crippen molar-refractivity contribution in [3.8, 4) is 11.3 Å². The molecule has 0 spiro atoms. The number of aliphatic hydroxyl groups excluding tert-OH is 2. The third kappa shape index (κ3) is 3.89. The Labute approximate surface area is 146 Å². The van der Waals surface area contributed by atoms with Crippen molar-refractivity contribution in [3.63, 3.8) is 0 Å². The molecule has 25 heavy (non-hydrogen) atoms. The zero-order chi connectivity index (χ0) is 17.8. The van der Waals surface area contributed by atoms with E-state index in [9.17, 15) is 15.0 Å². The predicted octanol–water partition coefficient (Wildman–Crippen LogP) is 0.442. The fourth-order valence-electron chi connectivity index (χ4n) is 3.14. The van der Waals surface area contributed by atoms with Crippen molar-refractivity contribution in [2.45, 2.75) is 38.1 Å². The minimum atomic E-state index is -0.494. The number of benzene rings is 1. The Morgan fingerprint density at radius 3 is 2.76 bits per heavy atom. The first-order valence-electron chi connectivity index (χ1n) is 8.57. The molecule has 1 fully saturated rings. The molecule has 3 rings (SSSR count). The summed E-state index contributed by atoms with van der Waals surface area (Å²) in [5.41, 5.74) is 2.90. The summed E-state index contributed by atoms with van der Waals surface area (Å²) >= 11 is 0. The number of aromatic nitrogens is 2. The number of carbonyl (C=O) groups is 1. The lowest BCUT2D eigenvalue weighted by atomic mass is 10.0. The van der Waals surface area contributed by atoms with Crippen LogP contribution in [0.2, 0.25) is 0 Å². The molecule has 3 atom stereocenters. The highest BCUT2D eigenvalue weighted by atomic mass is 16.3. The van der Waals surface area contributed by atoms with Gasteiger partial charge in [-0.15, -0.1) is 0 Å². The molecule has 0 aliphatic carbocycles. The zero-order valence-electron chi connectivity index (χ0n) is 14.2. The maximum absolute atomic E-state index is 12.3. The van der Waals surface area contributed by atoms with Crippen LogP contribution in [0.5, 0.6) is 0 Å². The van der Waals surface area contributed by atoms with E-state index in [1.54, 1.807) is 6.20 Å². The largest absolute Gasteiger partial charge is 0.394 e. The molecule has 2 heterocycles. The first-order chi connectivity index (χ1) is 12.1. The normalized spacial score (nSPS) is 21.2. The van der Waals surface area contributed by atoms with Crippen LogP contribution in [-0.4, -0.2) is 51.2 Å². The summed E-state index contributed by atoms with van der Waals surface area (Å²) in [5.74, 6) is -0.205. The van der Waals surface area contributed by atoms with E-state index >= 15 is 0 Å². The number of rotatable bonds is 6. The van der Waals surface area contributed by atoms with Gasteiger partial charge < -0.3 is 20.8 Å². The second-order valence-corrected chi connectivity index (χ2v) is 6.25. The smallest absolute Gasteiger partial charge is 0.237 e. The Hall–Kier alpha value is -2.22. The molecule has 0 saturated carbocycles. The summed E-state index contributed by atoms with van der Waals surface area (Å²) in [4.78, 5) is 12.3. The van der Waals surface area contributed by atoms with E-state index in [1.807, 2.05) is 41.9 Å². The van der Waals surface area contributed by atoms with Crippen LogP contribution in [0.15, 0.2) is 36.5 Å². The highest BCUT2D eigenvalue weighted by Crippen LogP contribution is 2.22. The van der Waals surface area contributed by atoms with Crippen molar-refractivity contribution in [2.24, 2.45) is 0 Å². The molecule has 1 amide bonds. The van der Waals surface area contributed by atoms with Gasteiger partial charge in [-0.3, -0.25) is 9.48 Å². The van der Waals surface area contributed by atoms with Crippen molar-refractivity contribution in [2.75, 3.05) is 13.2 Å². The van der Waals surface area contributed by atoms with Crippen molar-refractivity contribution < 1.29 is 15.0 Å². The fourth-order valence-corrected chi connectivity index (χ4v) is 3.14. The van der Waals surface area contributed by atoms with Gasteiger partial charge in [0.15, 0.2) is 0 Å². The van der Waals surface area contributed by atoms with Crippen molar-refractivity contribution >= 4 is 5.91 Å². The Balaban J connectivity index is 1.70. The lowest BCUT2D eigenvalue weighted by Crippen LogP contribution is -2.42. The molecule has 1 aromatic carbocycles. The molecule has 1 aliphatic rings. The van der Waals surface area contributed by atoms with Gasteiger partial charge >= 0.3 is 0 Å². The van der Waals surface area contributed by atoms with E-state index in [0.717, 1.165) is 23.4 Å². The van der Waals surface area contributed by atoms with Crippen LogP contribution < -0.4 is 10.6 Å². The van der Waals surface area contributed by atoms with Crippen LogP contribution in [0.1, 0.15) is 24.9 Å². The topological polar surface area (TPSA) is 99.4 Å². The molecule has 2 aromatic rings. The predicted molar refractivity (Wildman–Crippen MR) is 93.7 cm³/mol. The minimum Gasteiger partial charge on any atom is -0.394 e. The van der Waals surface area contributed by atoms with Gasteiger partial charge in [0, 0.05) is 19.3 Å². The Bertz CT molecular complexity index is 713. The van der Waals surface area contributed by atoms with Gasteiger partial charge in [-0.05, 0) is 30.5 Å². The van der Waals surface area contributed by atoms with Crippen LogP contribution in [0, 0.1) is 0 Å². The standard InChI is InChI=1S/C18H24N4O3/c1-2-22-17(7-8-20-22)13-5-3-12(4-6-13)16(11-23)21-18(25)15-9-14(24)10-19-15/h3-8,14-16,19,23-24H,2,9-11H2,1H3,(H,21,25)/t14-,15+,16?/m1/s1. The van der Waals surface area contributed by atoms with Crippen LogP contribution in [0.25, 0.3) is 11.3 Å². The van der Waals surface area contributed by atoms with Gasteiger partial charge in [0.2, 0.25) is 5.91 Å². The SMILES string of the molecule is CCn1nccc1-c1ccc(C(CO)NC(=O)[C@@H]2C[C@@H](O)CN2)cc1. The van der Waals surface area contributed by atoms with Crippen LogP contribution in [0.3, 0.4) is 0 Å². The number of nitrogens with zero attached hydrogens (tertiary/aromatic N) is 2. The molecular weight excluding hydrogens is 320 g/mol. The number of aryl methyl sites for hydroxylation is 1. The molecule has 4 N–H and O–H groups in total. The van der Waals surface area contributed by atoms with Gasteiger partial charge in [0.25, 0.3) is 0 Å². The number of hydrogen-bond donors (Lipinski definition) is 4. The van der Waals surface area contributed by atoms with E-state index in [0.29, 0.717) is 13.0 Å². The summed E-state index contributed by atoms with van der Waals surface area (Å²) in [6.07, 6.45) is 1.67. The number of carbonyl (C=O) groups excluding carboxylic acids is 1. The van der Waals surface area contributed by atoms with Crippen molar-refractivity contribution in [1.29, 1.82) is 0 Å². The van der Waals surface area contributed by atoms with Crippen molar-refractivity contribution in [1.82, 2.24) is 20.4 Å². The lowest BCUT2D eigenvalue weighted by molar-refractivity contribution is -0.124. The Morgan fingerprint density at radius 2 is 2.16 bits per heavy atom. The second-order valence-electron chi connectivity index (χ2n) is 6.25. The van der Waals surface area contributed by atoms with Gasteiger partial charge in [-0.25, -0.2) is 0 Å². The van der Waals surface area contributed by atoms with Crippen LogP contribution in [-0.2, 0) is 11.3 Å².